The summed E-state index contributed by atoms with van der Waals surface area (Å²) in [6.45, 7) is 4.10. The minimum Gasteiger partial charge on any atom is -0.448 e. The van der Waals surface area contributed by atoms with Gasteiger partial charge in [-0.25, -0.2) is 4.79 Å². The van der Waals surface area contributed by atoms with Gasteiger partial charge < -0.3 is 4.74 Å². The number of hydrogen-bond acceptors (Lipinski definition) is 3. The van der Waals surface area contributed by atoms with Crippen molar-refractivity contribution in [2.75, 3.05) is 11.9 Å². The van der Waals surface area contributed by atoms with E-state index in [1.54, 1.807) is 6.92 Å². The van der Waals surface area contributed by atoms with E-state index in [0.717, 1.165) is 18.2 Å². The number of carbonyl (C=O) groups is 1. The van der Waals surface area contributed by atoms with Crippen molar-refractivity contribution in [1.29, 1.82) is 0 Å². The van der Waals surface area contributed by atoms with Crippen LogP contribution in [0.4, 0.5) is 4.79 Å². The van der Waals surface area contributed by atoms with Crippen LogP contribution in [0.1, 0.15) is 26.7 Å². The average molecular weight is 254 g/mol. The Labute approximate surface area is 87.1 Å². The number of carbonyl (C=O) groups excluding carboxylic acids is 1. The van der Waals surface area contributed by atoms with Crippen LogP contribution in [0.3, 0.4) is 0 Å². The van der Waals surface area contributed by atoms with Gasteiger partial charge in [0, 0.05) is 5.33 Å². The molecule has 78 valence electrons. The van der Waals surface area contributed by atoms with E-state index < -0.39 is 6.09 Å². The number of alkyl halides is 1. The van der Waals surface area contributed by atoms with E-state index in [-0.39, 0.29) is 6.10 Å². The van der Waals surface area contributed by atoms with Crippen LogP contribution in [-0.2, 0) is 9.57 Å². The monoisotopic (exact) mass is 253 g/mol. The van der Waals surface area contributed by atoms with Gasteiger partial charge in [-0.15, -0.1) is 0 Å². The molecule has 1 atom stereocenters. The van der Waals surface area contributed by atoms with Crippen LogP contribution in [0.15, 0.2) is 0 Å². The first-order valence-electron chi connectivity index (χ1n) is 4.38. The van der Waals surface area contributed by atoms with Gasteiger partial charge >= 0.3 is 6.09 Å². The van der Waals surface area contributed by atoms with Crippen LogP contribution in [0.5, 0.6) is 0 Å². The lowest BCUT2D eigenvalue weighted by atomic mass is 10.2. The fraction of sp³-hybridized carbons (Fsp3) is 0.875. The van der Waals surface area contributed by atoms with E-state index in [4.69, 9.17) is 4.84 Å². The van der Waals surface area contributed by atoms with Crippen molar-refractivity contribution in [2.24, 2.45) is 0 Å². The van der Waals surface area contributed by atoms with E-state index in [9.17, 15) is 4.79 Å². The molecule has 0 aliphatic carbocycles. The molecule has 0 aromatic heterocycles. The Hall–Kier alpha value is -0.290. The summed E-state index contributed by atoms with van der Waals surface area (Å²) in [5.74, 6) is 0. The molecule has 13 heavy (non-hydrogen) atoms. The molecule has 0 radical (unpaired) electrons. The molecule has 1 amide bonds. The normalized spacial score (nSPS) is 12.2. The molecule has 0 rings (SSSR count). The van der Waals surface area contributed by atoms with E-state index in [1.807, 2.05) is 6.92 Å². The van der Waals surface area contributed by atoms with Gasteiger partial charge in [0.05, 0.1) is 12.7 Å². The van der Waals surface area contributed by atoms with Gasteiger partial charge in [0.1, 0.15) is 0 Å². The van der Waals surface area contributed by atoms with Crippen LogP contribution in [0, 0.1) is 0 Å². The minimum absolute atomic E-state index is 0.0452. The highest BCUT2D eigenvalue weighted by molar-refractivity contribution is 9.09. The van der Waals surface area contributed by atoms with Gasteiger partial charge in [-0.2, -0.15) is 5.48 Å². The van der Waals surface area contributed by atoms with Crippen LogP contribution in [0.2, 0.25) is 0 Å². The summed E-state index contributed by atoms with van der Waals surface area (Å²) in [7, 11) is 0. The lowest BCUT2D eigenvalue weighted by Gasteiger charge is -2.14. The van der Waals surface area contributed by atoms with Gasteiger partial charge in [0.15, 0.2) is 0 Å². The van der Waals surface area contributed by atoms with Gasteiger partial charge in [0.2, 0.25) is 0 Å². The largest absolute Gasteiger partial charge is 0.448 e. The molecule has 0 spiro atoms. The molecule has 4 nitrogen and oxygen atoms in total. The van der Waals surface area contributed by atoms with Crippen LogP contribution in [0.25, 0.3) is 0 Å². The van der Waals surface area contributed by atoms with E-state index in [1.165, 1.54) is 0 Å². The summed E-state index contributed by atoms with van der Waals surface area (Å²) >= 11 is 3.30. The van der Waals surface area contributed by atoms with E-state index in [2.05, 4.69) is 26.1 Å². The van der Waals surface area contributed by atoms with E-state index >= 15 is 0 Å². The molecule has 1 unspecified atom stereocenters. The maximum atomic E-state index is 10.8. The highest BCUT2D eigenvalue weighted by Gasteiger charge is 2.08. The minimum atomic E-state index is -0.532. The molecule has 0 fully saturated rings. The van der Waals surface area contributed by atoms with Crippen LogP contribution >= 0.6 is 15.9 Å². The van der Waals surface area contributed by atoms with E-state index in [0.29, 0.717) is 6.61 Å². The molecule has 0 saturated heterocycles. The van der Waals surface area contributed by atoms with Gasteiger partial charge in [-0.1, -0.05) is 22.9 Å². The highest BCUT2D eigenvalue weighted by Crippen LogP contribution is 2.03. The highest BCUT2D eigenvalue weighted by atomic mass is 79.9. The lowest BCUT2D eigenvalue weighted by Crippen LogP contribution is -2.30. The van der Waals surface area contributed by atoms with Crippen LogP contribution < -0.4 is 5.48 Å². The summed E-state index contributed by atoms with van der Waals surface area (Å²) in [4.78, 5) is 15.9. The predicted octanol–water partition coefficient (Wildman–Crippen LogP) is 2.23. The summed E-state index contributed by atoms with van der Waals surface area (Å²) < 4.78 is 4.63. The number of hydroxylamine groups is 1. The van der Waals surface area contributed by atoms with Gasteiger partial charge in [-0.3, -0.25) is 4.84 Å². The number of hydrogen-bond donors (Lipinski definition) is 1. The third-order valence-corrected chi connectivity index (χ3v) is 1.93. The van der Waals surface area contributed by atoms with Crippen molar-refractivity contribution in [3.63, 3.8) is 0 Å². The third-order valence-electron chi connectivity index (χ3n) is 1.47. The smallest absolute Gasteiger partial charge is 0.431 e. The maximum Gasteiger partial charge on any atom is 0.431 e. The topological polar surface area (TPSA) is 47.6 Å². The molecular weight excluding hydrogens is 238 g/mol. The Morgan fingerprint density at radius 1 is 1.54 bits per heavy atom. The Kier molecular flexibility index (Phi) is 8.13. The van der Waals surface area contributed by atoms with Gasteiger partial charge in [-0.05, 0) is 19.8 Å². The summed E-state index contributed by atoms with van der Waals surface area (Å²) in [6.07, 6.45) is 1.24. The van der Waals surface area contributed by atoms with Crippen molar-refractivity contribution >= 4 is 22.0 Å². The fourth-order valence-corrected chi connectivity index (χ4v) is 1.27. The Bertz CT molecular complexity index is 143. The maximum absolute atomic E-state index is 10.8. The number of halogens is 1. The molecule has 0 aromatic carbocycles. The average Bonchev–Trinajstić information content (AvgIpc) is 2.12. The first-order valence-corrected chi connectivity index (χ1v) is 5.51. The molecule has 0 aliphatic rings. The van der Waals surface area contributed by atoms with Crippen molar-refractivity contribution in [1.82, 2.24) is 5.48 Å². The summed E-state index contributed by atoms with van der Waals surface area (Å²) in [5.41, 5.74) is 2.24. The Morgan fingerprint density at radius 3 is 2.69 bits per heavy atom. The molecule has 0 saturated carbocycles. The van der Waals surface area contributed by atoms with Crippen molar-refractivity contribution in [3.05, 3.63) is 0 Å². The third kappa shape index (κ3) is 6.83. The van der Waals surface area contributed by atoms with Crippen LogP contribution in [-0.4, -0.2) is 24.1 Å². The second-order valence-electron chi connectivity index (χ2n) is 2.45. The fourth-order valence-electron chi connectivity index (χ4n) is 0.760. The molecule has 0 heterocycles. The predicted molar refractivity (Wildman–Crippen MR) is 53.7 cm³/mol. The number of ether oxygens (including phenoxy) is 1. The SMILES string of the molecule is CCOC(=O)NOC(CC)CCBr. The molecule has 0 aromatic rings. The van der Waals surface area contributed by atoms with Gasteiger partial charge in [0.25, 0.3) is 0 Å². The summed E-state index contributed by atoms with van der Waals surface area (Å²) in [6, 6.07) is 0. The van der Waals surface area contributed by atoms with Crippen molar-refractivity contribution < 1.29 is 14.4 Å². The number of rotatable bonds is 6. The molecule has 0 aliphatic heterocycles. The summed E-state index contributed by atoms with van der Waals surface area (Å²) in [5, 5.41) is 0.857. The molecule has 1 N–H and O–H groups in total. The quantitative estimate of drug-likeness (QED) is 0.584. The molecular formula is C8H16BrNO3. The second kappa shape index (κ2) is 8.31. The lowest BCUT2D eigenvalue weighted by molar-refractivity contribution is -0.0249. The Balaban J connectivity index is 3.52. The zero-order valence-corrected chi connectivity index (χ0v) is 9.59. The van der Waals surface area contributed by atoms with Crippen molar-refractivity contribution in [3.8, 4) is 0 Å². The Morgan fingerprint density at radius 2 is 2.23 bits per heavy atom. The molecule has 0 bridgehead atoms. The number of amides is 1. The second-order valence-corrected chi connectivity index (χ2v) is 3.24. The first kappa shape index (κ1) is 12.7. The van der Waals surface area contributed by atoms with Crippen molar-refractivity contribution in [2.45, 2.75) is 32.8 Å². The molecule has 5 heteroatoms. The zero-order chi connectivity index (χ0) is 10.1. The zero-order valence-electron chi connectivity index (χ0n) is 8.01. The number of nitrogens with one attached hydrogen (secondary N) is 1. The first-order chi connectivity index (χ1) is 6.24. The standard InChI is InChI=1S/C8H16BrNO3/c1-3-7(5-6-9)13-10-8(11)12-4-2/h7H,3-6H2,1-2H3,(H,10,11).